The van der Waals surface area contributed by atoms with Crippen LogP contribution < -0.4 is 29.7 Å². The molecule has 0 bridgehead atoms. The summed E-state index contributed by atoms with van der Waals surface area (Å²) >= 11 is 0. The molecule has 3 N–H and O–H groups in total. The number of rotatable bonds is 6. The minimum Gasteiger partial charge on any atom is -0.489 e. The molecule has 2 saturated carbocycles. The minimum absolute atomic E-state index is 0. The highest BCUT2D eigenvalue weighted by molar-refractivity contribution is 7.91. The lowest BCUT2D eigenvalue weighted by Gasteiger charge is -2.33. The maximum absolute atomic E-state index is 14.8. The lowest BCUT2D eigenvalue weighted by atomic mass is 9.88. The number of sulfonamides is 1. The maximum Gasteiger partial charge on any atom is 0.408 e. The molecule has 1 aromatic heterocycles. The van der Waals surface area contributed by atoms with Crippen molar-refractivity contribution in [2.24, 2.45) is 17.8 Å². The Kier molecular flexibility index (Phi) is 10.7. The zero-order valence-corrected chi connectivity index (χ0v) is 33.8. The summed E-state index contributed by atoms with van der Waals surface area (Å²) in [6.07, 6.45) is 7.24. The van der Waals surface area contributed by atoms with Gasteiger partial charge in [-0.1, -0.05) is 26.0 Å². The highest BCUT2D eigenvalue weighted by Gasteiger charge is 2.62. The third-order valence-electron chi connectivity index (χ3n) is 11.5. The lowest BCUT2D eigenvalue weighted by Crippen LogP contribution is -2.59. The Morgan fingerprint density at radius 2 is 1.86 bits per heavy atom. The number of amides is 4. The van der Waals surface area contributed by atoms with Gasteiger partial charge in [0.25, 0.3) is 5.91 Å². The molecular weight excluding hydrogens is 741 g/mol. The molecule has 4 heterocycles. The van der Waals surface area contributed by atoms with Crippen LogP contribution in [0.5, 0.6) is 11.6 Å². The summed E-state index contributed by atoms with van der Waals surface area (Å²) in [7, 11) is -1.90. The van der Waals surface area contributed by atoms with Crippen molar-refractivity contribution in [2.45, 2.75) is 114 Å². The standard InChI is InChI=1S/C40H54N6O9S.3H2/c1-23-9-7-8-10-25-21-40(25,37(49)44-56(51,52)27-11-12-27)43-34(47)31-20-26(22-46(31)36(48)32(24(2)19-23)42-38(50)55-39(3,4)5)54-35-29-13-14-30-33(28(29)15-16-41-35)53-18-17-45(30)6;;;/h8,10,13-16,23-27,31-32H,7,9,11-12,17-22H2,1-6H3,(H,42,50)(H,43,47)(H,44,49);3*1H/b10-8-;;;/t23-,24+,25+,26+,31-,32-,40+;;;/m0.../s1. The summed E-state index contributed by atoms with van der Waals surface area (Å²) < 4.78 is 46.2. The number of pyridine rings is 1. The van der Waals surface area contributed by atoms with Crippen LogP contribution >= 0.6 is 0 Å². The van der Waals surface area contributed by atoms with Crippen LogP contribution in [-0.4, -0.2) is 103 Å². The maximum atomic E-state index is 14.8. The normalized spacial score (nSPS) is 30.3. The zero-order valence-electron chi connectivity index (χ0n) is 33.0. The van der Waals surface area contributed by atoms with Crippen molar-refractivity contribution < 1.29 is 46.1 Å². The van der Waals surface area contributed by atoms with Gasteiger partial charge in [0, 0.05) is 40.6 Å². The third-order valence-corrected chi connectivity index (χ3v) is 13.3. The van der Waals surface area contributed by atoms with Gasteiger partial charge >= 0.3 is 6.09 Å². The van der Waals surface area contributed by atoms with E-state index in [0.29, 0.717) is 43.6 Å². The topological polar surface area (TPSA) is 186 Å². The van der Waals surface area contributed by atoms with Crippen LogP contribution in [0.3, 0.4) is 0 Å². The largest absolute Gasteiger partial charge is 0.489 e. The van der Waals surface area contributed by atoms with Crippen molar-refractivity contribution in [2.75, 3.05) is 31.6 Å². The van der Waals surface area contributed by atoms with Crippen molar-refractivity contribution in [3.8, 4) is 11.6 Å². The van der Waals surface area contributed by atoms with Crippen LogP contribution in [0.15, 0.2) is 36.5 Å². The van der Waals surface area contributed by atoms with Crippen molar-refractivity contribution in [1.29, 1.82) is 0 Å². The number of benzene rings is 1. The molecule has 15 nitrogen and oxygen atoms in total. The van der Waals surface area contributed by atoms with E-state index in [9.17, 15) is 27.6 Å². The predicted octanol–water partition coefficient (Wildman–Crippen LogP) is 4.54. The summed E-state index contributed by atoms with van der Waals surface area (Å²) in [6, 6.07) is 3.55. The monoisotopic (exact) mass is 800 g/mol. The summed E-state index contributed by atoms with van der Waals surface area (Å²) in [6.45, 7) is 10.4. The van der Waals surface area contributed by atoms with Gasteiger partial charge in [0.05, 0.1) is 24.0 Å². The first kappa shape index (κ1) is 39.6. The zero-order chi connectivity index (χ0) is 40.2. The van der Waals surface area contributed by atoms with E-state index in [-0.39, 0.29) is 35.5 Å². The van der Waals surface area contributed by atoms with Gasteiger partial charge in [-0.3, -0.25) is 19.1 Å². The van der Waals surface area contributed by atoms with Gasteiger partial charge in [-0.05, 0) is 89.3 Å². The Balaban J connectivity index is 0.00000256. The minimum atomic E-state index is -3.90. The number of fused-ring (bicyclic) bond motifs is 5. The number of nitrogens with zero attached hydrogens (tertiary/aromatic N) is 3. The number of alkyl carbamates (subject to hydrolysis) is 1. The second-order valence-electron chi connectivity index (χ2n) is 17.3. The highest BCUT2D eigenvalue weighted by atomic mass is 32.2. The van der Waals surface area contributed by atoms with E-state index in [0.717, 1.165) is 29.8 Å². The number of carbonyl (C=O) groups excluding carboxylic acids is 4. The molecule has 1 aromatic carbocycles. The van der Waals surface area contributed by atoms with E-state index in [2.05, 4.69) is 32.2 Å². The van der Waals surface area contributed by atoms with Crippen LogP contribution in [-0.2, 0) is 29.1 Å². The summed E-state index contributed by atoms with van der Waals surface area (Å²) in [5, 5.41) is 6.61. The van der Waals surface area contributed by atoms with Crippen molar-refractivity contribution in [1.82, 2.24) is 25.2 Å². The molecule has 7 atom stereocenters. The molecule has 5 aliphatic rings. The molecular formula is C40H60N6O9S. The van der Waals surface area contributed by atoms with Crippen molar-refractivity contribution >= 4 is 50.3 Å². The summed E-state index contributed by atoms with van der Waals surface area (Å²) in [5.41, 5.74) is -1.39. The van der Waals surface area contributed by atoms with Crippen molar-refractivity contribution in [3.63, 3.8) is 0 Å². The first-order valence-electron chi connectivity index (χ1n) is 19.7. The molecule has 3 fully saturated rings. The van der Waals surface area contributed by atoms with E-state index in [1.54, 1.807) is 27.0 Å². The average Bonchev–Trinajstić information content (AvgIpc) is 4.05. The quantitative estimate of drug-likeness (QED) is 0.349. The van der Waals surface area contributed by atoms with Gasteiger partial charge in [-0.2, -0.15) is 0 Å². The van der Waals surface area contributed by atoms with Crippen LogP contribution in [0.2, 0.25) is 0 Å². The number of aromatic nitrogens is 1. The summed E-state index contributed by atoms with van der Waals surface area (Å²) in [5.74, 6) is -1.50. The van der Waals surface area contributed by atoms with Crippen molar-refractivity contribution in [3.05, 3.63) is 36.5 Å². The van der Waals surface area contributed by atoms with E-state index < -0.39 is 74.3 Å². The number of allylic oxidation sites excluding steroid dienone is 1. The first-order valence-corrected chi connectivity index (χ1v) is 21.3. The molecule has 2 aromatic rings. The summed E-state index contributed by atoms with van der Waals surface area (Å²) in [4.78, 5) is 64.5. The Labute approximate surface area is 332 Å². The fraction of sp³-hybridized carbons (Fsp3) is 0.625. The van der Waals surface area contributed by atoms with Crippen LogP contribution in [0.4, 0.5) is 10.5 Å². The Bertz CT molecular complexity index is 2050. The van der Waals surface area contributed by atoms with Gasteiger partial charge in [0.2, 0.25) is 27.7 Å². The number of carbonyl (C=O) groups is 4. The molecule has 56 heavy (non-hydrogen) atoms. The smallest absolute Gasteiger partial charge is 0.408 e. The predicted molar refractivity (Wildman–Crippen MR) is 215 cm³/mol. The fourth-order valence-corrected chi connectivity index (χ4v) is 9.59. The van der Waals surface area contributed by atoms with E-state index in [1.165, 1.54) is 4.90 Å². The van der Waals surface area contributed by atoms with E-state index >= 15 is 0 Å². The van der Waals surface area contributed by atoms with Gasteiger partial charge in [-0.25, -0.2) is 18.2 Å². The first-order chi connectivity index (χ1) is 26.5. The Morgan fingerprint density at radius 3 is 2.59 bits per heavy atom. The molecule has 1 saturated heterocycles. The SMILES string of the molecule is C[C@H]1CC/C=C\[C@@H]2C[C@@]2(C(=O)NS(=O)(=O)C2CC2)NC(=O)[C@@H]2C[C@@H](Oc3nccc4c5c(ccc34)N(C)CCO5)CN2C(=O)[C@@H](NC(=O)OC(C)(C)C)[C@H](C)C1.[HH].[HH].[HH]. The fourth-order valence-electron chi connectivity index (χ4n) is 8.23. The van der Waals surface area contributed by atoms with E-state index in [1.807, 2.05) is 44.3 Å². The molecule has 4 amide bonds. The number of nitrogens with one attached hydrogen (secondary N) is 3. The second-order valence-corrected chi connectivity index (χ2v) is 19.2. The molecule has 3 aliphatic heterocycles. The molecule has 310 valence electrons. The molecule has 16 heteroatoms. The Morgan fingerprint density at radius 1 is 1.09 bits per heavy atom. The third kappa shape index (κ3) is 8.25. The number of likely N-dealkylation sites (N-methyl/N-ethyl adjacent to an activating group) is 1. The lowest BCUT2D eigenvalue weighted by molar-refractivity contribution is -0.142. The number of hydrogen-bond donors (Lipinski definition) is 3. The van der Waals surface area contributed by atoms with Gasteiger partial charge < -0.3 is 34.6 Å². The van der Waals surface area contributed by atoms with Crippen LogP contribution in [0, 0.1) is 17.8 Å². The molecule has 0 unspecified atom stereocenters. The number of anilines is 1. The van der Waals surface area contributed by atoms with Gasteiger partial charge in [0.1, 0.15) is 35.9 Å². The van der Waals surface area contributed by atoms with Gasteiger partial charge in [-0.15, -0.1) is 0 Å². The van der Waals surface area contributed by atoms with Crippen LogP contribution in [0.25, 0.3) is 10.8 Å². The van der Waals surface area contributed by atoms with Gasteiger partial charge in [0.15, 0.2) is 5.75 Å². The number of ether oxygens (including phenoxy) is 3. The molecule has 0 radical (unpaired) electrons. The molecule has 0 spiro atoms. The van der Waals surface area contributed by atoms with Crippen LogP contribution in [0.1, 0.15) is 83.8 Å². The highest BCUT2D eigenvalue weighted by Crippen LogP contribution is 2.46. The molecule has 7 rings (SSSR count). The molecule has 2 aliphatic carbocycles. The Hall–Kier alpha value is -4.60. The average molecular weight is 801 g/mol. The number of hydrogen-bond acceptors (Lipinski definition) is 11. The van der Waals surface area contributed by atoms with E-state index in [4.69, 9.17) is 14.2 Å². The second kappa shape index (κ2) is 15.1.